The molecule has 13 heteroatoms. The SMILES string of the molecule is CCNC(=O)[C@H]1OC(N2CNc3c(N)nc(NCCc4ccc(CCC(=O)OC)cc4)nc32)[C@H](O)[C@@H]1O. The standard InChI is InChI=1S/C24H33N7O6/c1-3-26-22(35)19-17(33)18(34)23(37-19)31-12-28-16-20(25)29-24(30-21(16)31)27-11-10-14-6-4-13(5-7-14)8-9-15(32)36-2/h4-7,17-19,23,28,33-34H,3,8-12H2,1-2H3,(H,26,35)(H3,25,27,29,30)/t17-,18+,19-,23?/m0/s1. The smallest absolute Gasteiger partial charge is 0.305 e. The Bertz CT molecular complexity index is 1120. The van der Waals surface area contributed by atoms with Gasteiger partial charge >= 0.3 is 5.97 Å². The normalized spacial score (nSPS) is 22.3. The van der Waals surface area contributed by atoms with Crippen LogP contribution in [-0.4, -0.2) is 83.5 Å². The van der Waals surface area contributed by atoms with Crippen LogP contribution in [0.2, 0.25) is 0 Å². The van der Waals surface area contributed by atoms with E-state index in [1.807, 2.05) is 24.3 Å². The number of nitrogens with one attached hydrogen (secondary N) is 3. The molecule has 0 bridgehead atoms. The highest BCUT2D eigenvalue weighted by Gasteiger charge is 2.50. The molecule has 13 nitrogen and oxygen atoms in total. The van der Waals surface area contributed by atoms with E-state index >= 15 is 0 Å². The van der Waals surface area contributed by atoms with Crippen molar-refractivity contribution in [2.75, 3.05) is 48.1 Å². The Hall–Kier alpha value is -3.68. The summed E-state index contributed by atoms with van der Waals surface area (Å²) >= 11 is 0. The first-order valence-corrected chi connectivity index (χ1v) is 12.2. The fourth-order valence-corrected chi connectivity index (χ4v) is 4.32. The molecule has 4 rings (SSSR count). The lowest BCUT2D eigenvalue weighted by atomic mass is 10.1. The Morgan fingerprint density at radius 3 is 2.57 bits per heavy atom. The first-order valence-electron chi connectivity index (χ1n) is 12.2. The first kappa shape index (κ1) is 26.4. The number of carbonyl (C=O) groups is 2. The number of aliphatic hydroxyl groups is 2. The summed E-state index contributed by atoms with van der Waals surface area (Å²) in [4.78, 5) is 34.0. The lowest BCUT2D eigenvalue weighted by Crippen LogP contribution is -2.44. The third-order valence-electron chi connectivity index (χ3n) is 6.34. The van der Waals surface area contributed by atoms with Crippen molar-refractivity contribution in [2.45, 2.75) is 50.7 Å². The molecular formula is C24H33N7O6. The molecule has 3 heterocycles. The number of aliphatic hydroxyl groups excluding tert-OH is 2. The molecular weight excluding hydrogens is 482 g/mol. The molecule has 1 amide bonds. The largest absolute Gasteiger partial charge is 0.469 e. The number of ether oxygens (including phenoxy) is 2. The molecule has 0 radical (unpaired) electrons. The number of nitrogens with zero attached hydrogens (tertiary/aromatic N) is 3. The summed E-state index contributed by atoms with van der Waals surface area (Å²) in [5.41, 5.74) is 8.78. The van der Waals surface area contributed by atoms with E-state index in [2.05, 4.69) is 30.7 Å². The minimum Gasteiger partial charge on any atom is -0.469 e. The van der Waals surface area contributed by atoms with Gasteiger partial charge in [0.1, 0.15) is 17.9 Å². The van der Waals surface area contributed by atoms with Crippen molar-refractivity contribution in [1.82, 2.24) is 15.3 Å². The highest BCUT2D eigenvalue weighted by molar-refractivity contribution is 5.83. The number of hydrogen-bond donors (Lipinski definition) is 6. The first-order chi connectivity index (χ1) is 17.8. The van der Waals surface area contributed by atoms with Crippen molar-refractivity contribution in [3.63, 3.8) is 0 Å². The van der Waals surface area contributed by atoms with E-state index in [9.17, 15) is 19.8 Å². The van der Waals surface area contributed by atoms with Gasteiger partial charge in [-0.3, -0.25) is 9.59 Å². The molecule has 1 saturated heterocycles. The second-order valence-electron chi connectivity index (χ2n) is 8.83. The summed E-state index contributed by atoms with van der Waals surface area (Å²) in [5, 5.41) is 29.8. The zero-order valence-electron chi connectivity index (χ0n) is 20.8. The maximum absolute atomic E-state index is 12.2. The van der Waals surface area contributed by atoms with E-state index in [4.69, 9.17) is 10.5 Å². The summed E-state index contributed by atoms with van der Waals surface area (Å²) in [5.74, 6) is 0.191. The molecule has 1 aromatic carbocycles. The van der Waals surface area contributed by atoms with E-state index in [0.29, 0.717) is 49.8 Å². The van der Waals surface area contributed by atoms with Crippen molar-refractivity contribution in [2.24, 2.45) is 0 Å². The van der Waals surface area contributed by atoms with Gasteiger partial charge in [-0.1, -0.05) is 24.3 Å². The van der Waals surface area contributed by atoms with Crippen LogP contribution in [0.1, 0.15) is 24.5 Å². The number of hydrogen-bond acceptors (Lipinski definition) is 12. The topological polar surface area (TPSA) is 184 Å². The van der Waals surface area contributed by atoms with Crippen LogP contribution in [-0.2, 0) is 31.9 Å². The predicted octanol–water partition coefficient (Wildman–Crippen LogP) is -0.409. The maximum atomic E-state index is 12.2. The van der Waals surface area contributed by atoms with Crippen molar-refractivity contribution < 1.29 is 29.3 Å². The number of rotatable bonds is 10. The molecule has 0 saturated carbocycles. The van der Waals surface area contributed by atoms with Crippen molar-refractivity contribution >= 4 is 35.1 Å². The lowest BCUT2D eigenvalue weighted by molar-refractivity contribution is -0.140. The van der Waals surface area contributed by atoms with Gasteiger partial charge in [0.2, 0.25) is 5.95 Å². The van der Waals surface area contributed by atoms with Gasteiger partial charge in [0.15, 0.2) is 24.0 Å². The van der Waals surface area contributed by atoms with Gasteiger partial charge in [0.05, 0.1) is 13.8 Å². The molecule has 2 aromatic rings. The van der Waals surface area contributed by atoms with Crippen molar-refractivity contribution in [1.29, 1.82) is 0 Å². The molecule has 1 aromatic heterocycles. The van der Waals surface area contributed by atoms with Crippen molar-refractivity contribution in [3.05, 3.63) is 35.4 Å². The van der Waals surface area contributed by atoms with Gasteiger partial charge in [0.25, 0.3) is 5.91 Å². The molecule has 1 fully saturated rings. The second-order valence-corrected chi connectivity index (χ2v) is 8.83. The highest BCUT2D eigenvalue weighted by Crippen LogP contribution is 2.38. The number of fused-ring (bicyclic) bond motifs is 1. The number of methoxy groups -OCH3 is 1. The number of aromatic nitrogens is 2. The Morgan fingerprint density at radius 2 is 1.89 bits per heavy atom. The van der Waals surface area contributed by atoms with Crippen LogP contribution < -0.4 is 26.6 Å². The quantitative estimate of drug-likeness (QED) is 0.225. The minimum atomic E-state index is -1.38. The monoisotopic (exact) mass is 515 g/mol. The van der Waals surface area contributed by atoms with Gasteiger partial charge in [-0.2, -0.15) is 9.97 Å². The average molecular weight is 516 g/mol. The number of aryl methyl sites for hydroxylation is 1. The molecule has 0 aliphatic carbocycles. The number of esters is 1. The zero-order chi connectivity index (χ0) is 26.5. The predicted molar refractivity (Wildman–Crippen MR) is 136 cm³/mol. The van der Waals surface area contributed by atoms with E-state index in [1.165, 1.54) is 7.11 Å². The van der Waals surface area contributed by atoms with Gasteiger partial charge in [-0.25, -0.2) is 0 Å². The van der Waals surface area contributed by atoms with E-state index in [1.54, 1.807) is 11.8 Å². The molecule has 1 unspecified atom stereocenters. The van der Waals surface area contributed by atoms with Gasteiger partial charge in [0, 0.05) is 19.5 Å². The van der Waals surface area contributed by atoms with Crippen molar-refractivity contribution in [3.8, 4) is 0 Å². The van der Waals surface area contributed by atoms with Crippen LogP contribution >= 0.6 is 0 Å². The average Bonchev–Trinajstić information content (AvgIpc) is 3.44. The Labute approximate surface area is 214 Å². The highest BCUT2D eigenvalue weighted by atomic mass is 16.6. The summed E-state index contributed by atoms with van der Waals surface area (Å²) < 4.78 is 10.4. The summed E-state index contributed by atoms with van der Waals surface area (Å²) in [6.07, 6.45) is -3.26. The molecule has 7 N–H and O–H groups in total. The van der Waals surface area contributed by atoms with Crippen LogP contribution in [0.3, 0.4) is 0 Å². The summed E-state index contributed by atoms with van der Waals surface area (Å²) in [7, 11) is 1.38. The molecule has 200 valence electrons. The third-order valence-corrected chi connectivity index (χ3v) is 6.34. The fourth-order valence-electron chi connectivity index (χ4n) is 4.32. The van der Waals surface area contributed by atoms with Gasteiger partial charge in [-0.05, 0) is 30.9 Å². The van der Waals surface area contributed by atoms with Crippen LogP contribution in [0.5, 0.6) is 0 Å². The number of anilines is 4. The lowest BCUT2D eigenvalue weighted by Gasteiger charge is -2.26. The number of likely N-dealkylation sites (N-methyl/N-ethyl adjacent to an activating group) is 1. The number of carbonyl (C=O) groups excluding carboxylic acids is 2. The maximum Gasteiger partial charge on any atom is 0.305 e. The molecule has 37 heavy (non-hydrogen) atoms. The molecule has 4 atom stereocenters. The van der Waals surface area contributed by atoms with E-state index in [0.717, 1.165) is 11.1 Å². The Kier molecular flexibility index (Phi) is 8.26. The number of benzene rings is 1. The number of amides is 1. The van der Waals surface area contributed by atoms with E-state index < -0.39 is 30.4 Å². The number of nitrogen functional groups attached to an aromatic ring is 1. The minimum absolute atomic E-state index is 0.205. The van der Waals surface area contributed by atoms with Crippen LogP contribution in [0.15, 0.2) is 24.3 Å². The number of nitrogens with two attached hydrogens (primary N) is 1. The fraction of sp³-hybridized carbons (Fsp3) is 0.500. The summed E-state index contributed by atoms with van der Waals surface area (Å²) in [6, 6.07) is 7.99. The van der Waals surface area contributed by atoms with Gasteiger partial charge in [-0.15, -0.1) is 0 Å². The molecule has 2 aliphatic heterocycles. The van der Waals surface area contributed by atoms with Crippen LogP contribution in [0, 0.1) is 0 Å². The summed E-state index contributed by atoms with van der Waals surface area (Å²) in [6.45, 7) is 2.87. The van der Waals surface area contributed by atoms with Crippen LogP contribution in [0.25, 0.3) is 0 Å². The zero-order valence-corrected chi connectivity index (χ0v) is 20.8. The third kappa shape index (κ3) is 5.84. The van der Waals surface area contributed by atoms with E-state index in [-0.39, 0.29) is 18.5 Å². The Balaban J connectivity index is 1.38. The van der Waals surface area contributed by atoms with Crippen LogP contribution in [0.4, 0.5) is 23.3 Å². The Morgan fingerprint density at radius 1 is 1.19 bits per heavy atom. The molecule has 0 spiro atoms. The second kappa shape index (κ2) is 11.6. The molecule has 2 aliphatic rings. The van der Waals surface area contributed by atoms with Gasteiger partial charge < -0.3 is 46.3 Å².